The van der Waals surface area contributed by atoms with Gasteiger partial charge in [0.15, 0.2) is 0 Å². The van der Waals surface area contributed by atoms with Crippen LogP contribution in [0.25, 0.3) is 12.2 Å². The largest absolute Gasteiger partial charge is 0.337 e. The molecule has 0 aliphatic carbocycles. The zero-order chi connectivity index (χ0) is 19.6. The third-order valence-electron chi connectivity index (χ3n) is 4.46. The molecular formula is C24H24N2O2. The molecule has 0 radical (unpaired) electrons. The third kappa shape index (κ3) is 5.81. The van der Waals surface area contributed by atoms with E-state index in [9.17, 15) is 9.59 Å². The SMILES string of the molecule is O=C(/C=C/c1ccccc1)NC(=C/C=C/c1ccccc1)C(=O)N1CCCC1. The van der Waals surface area contributed by atoms with Gasteiger partial charge in [0.25, 0.3) is 5.91 Å². The van der Waals surface area contributed by atoms with Crippen LogP contribution in [0.5, 0.6) is 0 Å². The molecule has 28 heavy (non-hydrogen) atoms. The minimum atomic E-state index is -0.323. The summed E-state index contributed by atoms with van der Waals surface area (Å²) in [4.78, 5) is 26.9. The van der Waals surface area contributed by atoms with E-state index in [1.807, 2.05) is 66.7 Å². The van der Waals surface area contributed by atoms with Gasteiger partial charge in [0, 0.05) is 19.2 Å². The second-order valence-electron chi connectivity index (χ2n) is 6.58. The van der Waals surface area contributed by atoms with Gasteiger partial charge in [0.1, 0.15) is 5.70 Å². The maximum absolute atomic E-state index is 12.8. The quantitative estimate of drug-likeness (QED) is 0.615. The summed E-state index contributed by atoms with van der Waals surface area (Å²) in [5, 5.41) is 2.74. The maximum atomic E-state index is 12.8. The molecule has 2 amide bonds. The fourth-order valence-electron chi connectivity index (χ4n) is 2.99. The molecular weight excluding hydrogens is 348 g/mol. The maximum Gasteiger partial charge on any atom is 0.270 e. The Morgan fingerprint density at radius 1 is 0.821 bits per heavy atom. The van der Waals surface area contributed by atoms with Crippen LogP contribution in [-0.2, 0) is 9.59 Å². The van der Waals surface area contributed by atoms with E-state index in [-0.39, 0.29) is 17.5 Å². The van der Waals surface area contributed by atoms with Gasteiger partial charge in [-0.15, -0.1) is 0 Å². The van der Waals surface area contributed by atoms with Crippen LogP contribution in [0.1, 0.15) is 24.0 Å². The van der Waals surface area contributed by atoms with Crippen molar-refractivity contribution in [3.05, 3.63) is 95.7 Å². The molecule has 0 aromatic heterocycles. The highest BCUT2D eigenvalue weighted by Gasteiger charge is 2.22. The molecule has 1 N–H and O–H groups in total. The van der Waals surface area contributed by atoms with Crippen molar-refractivity contribution in [3.8, 4) is 0 Å². The van der Waals surface area contributed by atoms with E-state index in [2.05, 4.69) is 5.32 Å². The monoisotopic (exact) mass is 372 g/mol. The van der Waals surface area contributed by atoms with Crippen LogP contribution in [0.3, 0.4) is 0 Å². The highest BCUT2D eigenvalue weighted by Crippen LogP contribution is 2.11. The Morgan fingerprint density at radius 2 is 1.39 bits per heavy atom. The van der Waals surface area contributed by atoms with Crippen molar-refractivity contribution in [2.45, 2.75) is 12.8 Å². The van der Waals surface area contributed by atoms with Gasteiger partial charge in [0.2, 0.25) is 5.91 Å². The lowest BCUT2D eigenvalue weighted by Gasteiger charge is -2.17. The molecule has 0 atom stereocenters. The van der Waals surface area contributed by atoms with Crippen LogP contribution in [0.4, 0.5) is 0 Å². The Hall–Kier alpha value is -3.40. The average molecular weight is 372 g/mol. The standard InChI is InChI=1S/C24H24N2O2/c27-23(17-16-21-12-5-2-6-13-21)25-22(24(28)26-18-7-8-19-26)15-9-14-20-10-3-1-4-11-20/h1-6,9-17H,7-8,18-19H2,(H,25,27)/b14-9+,17-16+,22-15?. The summed E-state index contributed by atoms with van der Waals surface area (Å²) in [5.74, 6) is -0.465. The molecule has 0 saturated carbocycles. The van der Waals surface area contributed by atoms with Crippen molar-refractivity contribution in [2.75, 3.05) is 13.1 Å². The summed E-state index contributed by atoms with van der Waals surface area (Å²) in [7, 11) is 0. The van der Waals surface area contributed by atoms with Crippen LogP contribution in [0.15, 0.2) is 84.6 Å². The first-order chi connectivity index (χ1) is 13.7. The number of likely N-dealkylation sites (tertiary alicyclic amines) is 1. The molecule has 2 aromatic rings. The second kappa shape index (κ2) is 10.1. The highest BCUT2D eigenvalue weighted by molar-refractivity contribution is 6.01. The van der Waals surface area contributed by atoms with Crippen molar-refractivity contribution in [1.82, 2.24) is 10.2 Å². The molecule has 142 valence electrons. The molecule has 0 unspecified atom stereocenters. The van der Waals surface area contributed by atoms with Gasteiger partial charge in [0.05, 0.1) is 0 Å². The molecule has 0 spiro atoms. The summed E-state index contributed by atoms with van der Waals surface area (Å²) < 4.78 is 0. The Kier molecular flexibility index (Phi) is 6.96. The molecule has 1 aliphatic rings. The van der Waals surface area contributed by atoms with Crippen molar-refractivity contribution in [2.24, 2.45) is 0 Å². The van der Waals surface area contributed by atoms with Gasteiger partial charge in [-0.2, -0.15) is 0 Å². The van der Waals surface area contributed by atoms with Gasteiger partial charge < -0.3 is 10.2 Å². The van der Waals surface area contributed by atoms with Crippen molar-refractivity contribution in [1.29, 1.82) is 0 Å². The number of rotatable bonds is 6. The van der Waals surface area contributed by atoms with Gasteiger partial charge in [-0.1, -0.05) is 72.8 Å². The molecule has 1 saturated heterocycles. The Labute approximate surface area is 165 Å². The van der Waals surface area contributed by atoms with Gasteiger partial charge in [-0.3, -0.25) is 9.59 Å². The van der Waals surface area contributed by atoms with E-state index in [1.54, 1.807) is 23.1 Å². The first kappa shape index (κ1) is 19.4. The Morgan fingerprint density at radius 3 is 2.00 bits per heavy atom. The first-order valence-corrected chi connectivity index (χ1v) is 9.49. The minimum absolute atomic E-state index is 0.142. The third-order valence-corrected chi connectivity index (χ3v) is 4.46. The van der Waals surface area contributed by atoms with Crippen LogP contribution in [0, 0.1) is 0 Å². The lowest BCUT2D eigenvalue weighted by molar-refractivity contribution is -0.128. The lowest BCUT2D eigenvalue weighted by atomic mass is 10.2. The van der Waals surface area contributed by atoms with E-state index in [1.165, 1.54) is 6.08 Å². The minimum Gasteiger partial charge on any atom is -0.337 e. The van der Waals surface area contributed by atoms with E-state index in [4.69, 9.17) is 0 Å². The summed E-state index contributed by atoms with van der Waals surface area (Å²) in [6.07, 6.45) is 10.5. The molecule has 1 fully saturated rings. The summed E-state index contributed by atoms with van der Waals surface area (Å²) in [6.45, 7) is 1.46. The van der Waals surface area contributed by atoms with Crippen LogP contribution < -0.4 is 5.32 Å². The highest BCUT2D eigenvalue weighted by atomic mass is 16.2. The number of carbonyl (C=O) groups excluding carboxylic acids is 2. The van der Waals surface area contributed by atoms with Crippen LogP contribution in [0.2, 0.25) is 0 Å². The molecule has 1 aliphatic heterocycles. The van der Waals surface area contributed by atoms with Gasteiger partial charge in [-0.25, -0.2) is 0 Å². The molecule has 2 aromatic carbocycles. The fraction of sp³-hybridized carbons (Fsp3) is 0.167. The molecule has 4 heteroatoms. The van der Waals surface area contributed by atoms with Crippen molar-refractivity contribution >= 4 is 24.0 Å². The number of benzene rings is 2. The zero-order valence-corrected chi connectivity index (χ0v) is 15.8. The Bertz CT molecular complexity index is 877. The van der Waals surface area contributed by atoms with Gasteiger partial charge >= 0.3 is 0 Å². The number of nitrogens with zero attached hydrogens (tertiary/aromatic N) is 1. The number of hydrogen-bond donors (Lipinski definition) is 1. The van der Waals surface area contributed by atoms with Crippen molar-refractivity contribution in [3.63, 3.8) is 0 Å². The fourth-order valence-corrected chi connectivity index (χ4v) is 2.99. The Balaban J connectivity index is 1.72. The number of carbonyl (C=O) groups is 2. The predicted molar refractivity (Wildman–Crippen MR) is 113 cm³/mol. The molecule has 3 rings (SSSR count). The van der Waals surface area contributed by atoms with Crippen LogP contribution >= 0.6 is 0 Å². The van der Waals surface area contributed by atoms with E-state index >= 15 is 0 Å². The van der Waals surface area contributed by atoms with Crippen LogP contribution in [-0.4, -0.2) is 29.8 Å². The second-order valence-corrected chi connectivity index (χ2v) is 6.58. The normalized spacial score (nSPS) is 14.7. The number of hydrogen-bond acceptors (Lipinski definition) is 2. The smallest absolute Gasteiger partial charge is 0.270 e. The summed E-state index contributed by atoms with van der Waals surface area (Å²) >= 11 is 0. The number of nitrogens with one attached hydrogen (secondary N) is 1. The first-order valence-electron chi connectivity index (χ1n) is 9.49. The van der Waals surface area contributed by atoms with E-state index in [0.29, 0.717) is 0 Å². The van der Waals surface area contributed by atoms with E-state index in [0.717, 1.165) is 37.1 Å². The predicted octanol–water partition coefficient (Wildman–Crippen LogP) is 4.04. The summed E-state index contributed by atoms with van der Waals surface area (Å²) in [6, 6.07) is 19.4. The average Bonchev–Trinajstić information content (AvgIpc) is 3.27. The van der Waals surface area contributed by atoms with Gasteiger partial charge in [-0.05, 0) is 36.1 Å². The summed E-state index contributed by atoms with van der Waals surface area (Å²) in [5.41, 5.74) is 2.25. The molecule has 1 heterocycles. The topological polar surface area (TPSA) is 49.4 Å². The lowest BCUT2D eigenvalue weighted by Crippen LogP contribution is -2.36. The zero-order valence-electron chi connectivity index (χ0n) is 15.8. The number of amides is 2. The molecule has 4 nitrogen and oxygen atoms in total. The number of allylic oxidation sites excluding steroid dienone is 2. The molecule has 0 bridgehead atoms. The van der Waals surface area contributed by atoms with E-state index < -0.39 is 0 Å². The van der Waals surface area contributed by atoms with Crippen molar-refractivity contribution < 1.29 is 9.59 Å².